The molecule has 27 heavy (non-hydrogen) atoms. The maximum absolute atomic E-state index is 11.7. The van der Waals surface area contributed by atoms with Crippen LogP contribution in [0.1, 0.15) is 62.6 Å². The summed E-state index contributed by atoms with van der Waals surface area (Å²) in [6.45, 7) is 3.39. The first-order valence-electron chi connectivity index (χ1n) is 10.2. The summed E-state index contributed by atoms with van der Waals surface area (Å²) in [6.07, 6.45) is 7.62. The quantitative estimate of drug-likeness (QED) is 0.590. The van der Waals surface area contributed by atoms with Crippen molar-refractivity contribution in [3.8, 4) is 0 Å². The SMILES string of the molecule is Cc1nc2n(n1)CCCC2NC(=NCC1CCS(=O)(=O)C1)NC1CCCC1. The summed E-state index contributed by atoms with van der Waals surface area (Å²) in [4.78, 5) is 9.38. The Morgan fingerprint density at radius 2 is 2.00 bits per heavy atom. The molecule has 2 aliphatic heterocycles. The van der Waals surface area contributed by atoms with Crippen molar-refractivity contribution in [2.24, 2.45) is 10.9 Å². The number of aromatic nitrogens is 3. The van der Waals surface area contributed by atoms with Gasteiger partial charge in [0.2, 0.25) is 0 Å². The Morgan fingerprint density at radius 1 is 1.19 bits per heavy atom. The lowest BCUT2D eigenvalue weighted by Gasteiger charge is -2.26. The van der Waals surface area contributed by atoms with Crippen LogP contribution in [0, 0.1) is 12.8 Å². The van der Waals surface area contributed by atoms with E-state index in [-0.39, 0.29) is 17.7 Å². The van der Waals surface area contributed by atoms with Gasteiger partial charge in [-0.2, -0.15) is 5.10 Å². The summed E-state index contributed by atoms with van der Waals surface area (Å²) in [5.41, 5.74) is 0. The Bertz CT molecular complexity index is 797. The second-order valence-electron chi connectivity index (χ2n) is 8.16. The molecule has 1 saturated heterocycles. The molecule has 2 atom stereocenters. The summed E-state index contributed by atoms with van der Waals surface area (Å²) in [5.74, 6) is 3.28. The molecule has 3 aliphatic rings. The second kappa shape index (κ2) is 7.77. The van der Waals surface area contributed by atoms with Gasteiger partial charge in [0.15, 0.2) is 15.8 Å². The molecule has 8 nitrogen and oxygen atoms in total. The number of fused-ring (bicyclic) bond motifs is 1. The van der Waals surface area contributed by atoms with Gasteiger partial charge in [0.1, 0.15) is 11.6 Å². The zero-order valence-electron chi connectivity index (χ0n) is 16.0. The van der Waals surface area contributed by atoms with Gasteiger partial charge in [-0.15, -0.1) is 0 Å². The molecule has 0 radical (unpaired) electrons. The number of hydrogen-bond donors (Lipinski definition) is 2. The van der Waals surface area contributed by atoms with Crippen LogP contribution < -0.4 is 10.6 Å². The molecule has 3 heterocycles. The fourth-order valence-corrected chi connectivity index (χ4v) is 6.25. The topological polar surface area (TPSA) is 101 Å². The van der Waals surface area contributed by atoms with E-state index < -0.39 is 9.84 Å². The monoisotopic (exact) mass is 394 g/mol. The van der Waals surface area contributed by atoms with Crippen molar-refractivity contribution >= 4 is 15.8 Å². The van der Waals surface area contributed by atoms with Crippen molar-refractivity contribution in [3.63, 3.8) is 0 Å². The molecular weight excluding hydrogens is 364 g/mol. The van der Waals surface area contributed by atoms with Gasteiger partial charge in [0.05, 0.1) is 17.5 Å². The highest BCUT2D eigenvalue weighted by molar-refractivity contribution is 7.91. The Hall–Kier alpha value is -1.64. The van der Waals surface area contributed by atoms with Gasteiger partial charge >= 0.3 is 0 Å². The third-order valence-corrected chi connectivity index (χ3v) is 7.66. The van der Waals surface area contributed by atoms with Crippen LogP contribution in [0.25, 0.3) is 0 Å². The van der Waals surface area contributed by atoms with Crippen molar-refractivity contribution in [2.45, 2.75) is 70.5 Å². The van der Waals surface area contributed by atoms with Crippen LogP contribution in [-0.2, 0) is 16.4 Å². The van der Waals surface area contributed by atoms with Gasteiger partial charge in [-0.3, -0.25) is 4.99 Å². The maximum atomic E-state index is 11.7. The molecule has 2 unspecified atom stereocenters. The van der Waals surface area contributed by atoms with E-state index in [1.165, 1.54) is 25.7 Å². The maximum Gasteiger partial charge on any atom is 0.192 e. The second-order valence-corrected chi connectivity index (χ2v) is 10.4. The Morgan fingerprint density at radius 3 is 2.74 bits per heavy atom. The van der Waals surface area contributed by atoms with Gasteiger partial charge in [-0.25, -0.2) is 18.1 Å². The molecule has 9 heteroatoms. The van der Waals surface area contributed by atoms with E-state index in [9.17, 15) is 8.42 Å². The normalized spacial score (nSPS) is 28.3. The lowest BCUT2D eigenvalue weighted by atomic mass is 10.1. The highest BCUT2D eigenvalue weighted by Gasteiger charge is 2.29. The molecule has 1 aromatic heterocycles. The third-order valence-electron chi connectivity index (χ3n) is 5.82. The van der Waals surface area contributed by atoms with E-state index in [4.69, 9.17) is 4.99 Å². The summed E-state index contributed by atoms with van der Waals surface area (Å²) < 4.78 is 25.4. The standard InChI is InChI=1S/C18H30N6O2S/c1-13-20-17-16(7-4-9-24(17)23-13)22-18(21-15-5-2-3-6-15)19-11-14-8-10-27(25,26)12-14/h14-16H,2-12H2,1H3,(H2,19,21,22). The zero-order chi connectivity index (χ0) is 18.9. The minimum absolute atomic E-state index is 0.0971. The lowest BCUT2D eigenvalue weighted by Crippen LogP contribution is -2.45. The number of sulfone groups is 1. The Labute approximate surface area is 161 Å². The molecule has 1 saturated carbocycles. The summed E-state index contributed by atoms with van der Waals surface area (Å²) in [7, 11) is -2.86. The molecule has 4 rings (SSSR count). The predicted molar refractivity (Wildman–Crippen MR) is 104 cm³/mol. The molecule has 2 N–H and O–H groups in total. The number of hydrogen-bond acceptors (Lipinski definition) is 5. The Kier molecular flexibility index (Phi) is 5.39. The van der Waals surface area contributed by atoms with Crippen molar-refractivity contribution in [1.29, 1.82) is 0 Å². The number of rotatable bonds is 4. The summed E-state index contributed by atoms with van der Waals surface area (Å²) in [6, 6.07) is 0.548. The largest absolute Gasteiger partial charge is 0.354 e. The highest BCUT2D eigenvalue weighted by Crippen LogP contribution is 2.24. The van der Waals surface area contributed by atoms with E-state index in [1.54, 1.807) is 0 Å². The highest BCUT2D eigenvalue weighted by atomic mass is 32.2. The van der Waals surface area contributed by atoms with E-state index in [0.717, 1.165) is 43.4 Å². The van der Waals surface area contributed by atoms with Crippen LogP contribution in [0.2, 0.25) is 0 Å². The van der Waals surface area contributed by atoms with Gasteiger partial charge in [-0.1, -0.05) is 12.8 Å². The van der Waals surface area contributed by atoms with Crippen molar-refractivity contribution in [3.05, 3.63) is 11.6 Å². The fourth-order valence-electron chi connectivity index (χ4n) is 4.40. The lowest BCUT2D eigenvalue weighted by molar-refractivity contribution is 0.395. The third kappa shape index (κ3) is 4.62. The van der Waals surface area contributed by atoms with Gasteiger partial charge in [-0.05, 0) is 44.9 Å². The molecular formula is C18H30N6O2S. The molecule has 0 aromatic carbocycles. The number of aryl methyl sites for hydroxylation is 2. The molecule has 2 fully saturated rings. The number of nitrogens with one attached hydrogen (secondary N) is 2. The summed E-state index contributed by atoms with van der Waals surface area (Å²) in [5, 5.41) is 11.6. The fraction of sp³-hybridized carbons (Fsp3) is 0.833. The van der Waals surface area contributed by atoms with Crippen LogP contribution in [0.5, 0.6) is 0 Å². The van der Waals surface area contributed by atoms with Crippen LogP contribution in [0.3, 0.4) is 0 Å². The van der Waals surface area contributed by atoms with E-state index in [1.807, 2.05) is 11.6 Å². The van der Waals surface area contributed by atoms with Crippen LogP contribution in [-0.4, -0.2) is 53.2 Å². The molecule has 1 aliphatic carbocycles. The molecule has 1 aromatic rings. The minimum atomic E-state index is -2.86. The van der Waals surface area contributed by atoms with Crippen LogP contribution >= 0.6 is 0 Å². The first-order chi connectivity index (χ1) is 13.0. The molecule has 0 bridgehead atoms. The van der Waals surface area contributed by atoms with E-state index in [0.29, 0.717) is 18.3 Å². The number of nitrogens with zero attached hydrogens (tertiary/aromatic N) is 4. The smallest absolute Gasteiger partial charge is 0.192 e. The van der Waals surface area contributed by atoms with Crippen LogP contribution in [0.15, 0.2) is 4.99 Å². The van der Waals surface area contributed by atoms with Gasteiger partial charge in [0, 0.05) is 19.1 Å². The number of aliphatic imine (C=N–C) groups is 1. The Balaban J connectivity index is 1.47. The van der Waals surface area contributed by atoms with Crippen molar-refractivity contribution < 1.29 is 8.42 Å². The van der Waals surface area contributed by atoms with Crippen molar-refractivity contribution in [1.82, 2.24) is 25.4 Å². The van der Waals surface area contributed by atoms with Crippen LogP contribution in [0.4, 0.5) is 0 Å². The molecule has 0 amide bonds. The van der Waals surface area contributed by atoms with Gasteiger partial charge in [0.25, 0.3) is 0 Å². The summed E-state index contributed by atoms with van der Waals surface area (Å²) >= 11 is 0. The first kappa shape index (κ1) is 18.7. The minimum Gasteiger partial charge on any atom is -0.354 e. The zero-order valence-corrected chi connectivity index (χ0v) is 16.8. The average Bonchev–Trinajstić information content (AvgIpc) is 3.32. The van der Waals surface area contributed by atoms with Gasteiger partial charge < -0.3 is 10.6 Å². The van der Waals surface area contributed by atoms with E-state index in [2.05, 4.69) is 20.7 Å². The first-order valence-corrected chi connectivity index (χ1v) is 12.0. The molecule has 150 valence electrons. The predicted octanol–water partition coefficient (Wildman–Crippen LogP) is 1.33. The number of guanidine groups is 1. The van der Waals surface area contributed by atoms with E-state index >= 15 is 0 Å². The molecule has 0 spiro atoms. The average molecular weight is 395 g/mol. The van der Waals surface area contributed by atoms with Crippen molar-refractivity contribution in [2.75, 3.05) is 18.1 Å².